The zero-order valence-electron chi connectivity index (χ0n) is 15.0. The molecule has 0 spiro atoms. The van der Waals surface area contributed by atoms with Gasteiger partial charge in [0.25, 0.3) is 0 Å². The van der Waals surface area contributed by atoms with E-state index in [-0.39, 0.29) is 47.8 Å². The lowest BCUT2D eigenvalue weighted by Crippen LogP contribution is -2.40. The van der Waals surface area contributed by atoms with Gasteiger partial charge in [-0.3, -0.25) is 14.6 Å². The lowest BCUT2D eigenvalue weighted by molar-refractivity contribution is -0.146. The second kappa shape index (κ2) is 12.3. The highest BCUT2D eigenvalue weighted by Gasteiger charge is 2.36. The number of hydrogen-bond donors (Lipinski definition) is 1. The van der Waals surface area contributed by atoms with Gasteiger partial charge in [-0.15, -0.1) is 24.0 Å². The van der Waals surface area contributed by atoms with Crippen molar-refractivity contribution in [1.29, 1.82) is 0 Å². The summed E-state index contributed by atoms with van der Waals surface area (Å²) in [7, 11) is 2.83. The van der Waals surface area contributed by atoms with Crippen molar-refractivity contribution in [2.75, 3.05) is 40.4 Å². The molecule has 1 heterocycles. The summed E-state index contributed by atoms with van der Waals surface area (Å²) in [5.74, 6) is 0.613. The van der Waals surface area contributed by atoms with E-state index in [4.69, 9.17) is 4.74 Å². The van der Waals surface area contributed by atoms with Gasteiger partial charge in [-0.05, 0) is 25.7 Å². The molecule has 2 unspecified atom stereocenters. The fourth-order valence-corrected chi connectivity index (χ4v) is 2.69. The number of hydrogen-bond acceptors (Lipinski definition) is 5. The van der Waals surface area contributed by atoms with Gasteiger partial charge in [0.1, 0.15) is 0 Å². The van der Waals surface area contributed by atoms with Crippen LogP contribution in [-0.2, 0) is 19.1 Å². The molecule has 1 saturated heterocycles. The quantitative estimate of drug-likeness (QED) is 0.207. The molecule has 2 atom stereocenters. The van der Waals surface area contributed by atoms with Crippen molar-refractivity contribution in [3.8, 4) is 0 Å². The van der Waals surface area contributed by atoms with E-state index in [0.29, 0.717) is 19.5 Å². The first kappa shape index (κ1) is 22.9. The average Bonchev–Trinajstić information content (AvgIpc) is 2.94. The molecule has 1 aliphatic heterocycles. The topological polar surface area (TPSA) is 80.2 Å². The largest absolute Gasteiger partial charge is 0.469 e. The summed E-state index contributed by atoms with van der Waals surface area (Å²) < 4.78 is 9.48. The van der Waals surface area contributed by atoms with Crippen LogP contribution in [0.2, 0.25) is 0 Å². The number of halogens is 1. The van der Waals surface area contributed by atoms with Crippen LogP contribution in [0.5, 0.6) is 0 Å². The third kappa shape index (κ3) is 7.23. The van der Waals surface area contributed by atoms with Gasteiger partial charge in [0.05, 0.1) is 20.1 Å². The van der Waals surface area contributed by atoms with Crippen molar-refractivity contribution in [2.45, 2.75) is 33.1 Å². The summed E-state index contributed by atoms with van der Waals surface area (Å²) in [4.78, 5) is 29.6. The maximum atomic E-state index is 11.8. The number of rotatable bonds is 7. The Bertz CT molecular complexity index is 432. The molecule has 140 valence electrons. The predicted molar refractivity (Wildman–Crippen MR) is 104 cm³/mol. The van der Waals surface area contributed by atoms with E-state index in [1.54, 1.807) is 0 Å². The van der Waals surface area contributed by atoms with E-state index in [0.717, 1.165) is 31.9 Å². The highest BCUT2D eigenvalue weighted by molar-refractivity contribution is 14.0. The van der Waals surface area contributed by atoms with Crippen LogP contribution in [0, 0.1) is 11.8 Å². The molecule has 8 heteroatoms. The zero-order valence-corrected chi connectivity index (χ0v) is 17.4. The predicted octanol–water partition coefficient (Wildman–Crippen LogP) is 1.65. The molecule has 0 aromatic carbocycles. The number of esters is 2. The average molecular weight is 455 g/mol. The first-order valence-electron chi connectivity index (χ1n) is 8.21. The number of ether oxygens (including phenoxy) is 2. The van der Waals surface area contributed by atoms with Gasteiger partial charge in [0, 0.05) is 32.6 Å². The van der Waals surface area contributed by atoms with Crippen molar-refractivity contribution in [3.63, 3.8) is 0 Å². The van der Waals surface area contributed by atoms with Crippen molar-refractivity contribution in [3.05, 3.63) is 0 Å². The first-order chi connectivity index (χ1) is 11.0. The Labute approximate surface area is 161 Å². The molecule has 1 aliphatic rings. The molecule has 0 amide bonds. The highest BCUT2D eigenvalue weighted by atomic mass is 127. The third-order valence-electron chi connectivity index (χ3n) is 4.03. The molecule has 0 aromatic rings. The molecule has 0 saturated carbocycles. The molecule has 0 radical (unpaired) electrons. The van der Waals surface area contributed by atoms with Crippen molar-refractivity contribution in [1.82, 2.24) is 10.2 Å². The van der Waals surface area contributed by atoms with Crippen LogP contribution in [0.4, 0.5) is 0 Å². The van der Waals surface area contributed by atoms with Crippen LogP contribution in [0.3, 0.4) is 0 Å². The van der Waals surface area contributed by atoms with Crippen LogP contribution in [-0.4, -0.2) is 63.2 Å². The standard InChI is InChI=1S/C16H29N3O4.HI/c1-5-17-16(18-9-7-6-8-14(20)22-3)19-10-12(2)13(11-19)15(21)23-4;/h12-13H,5-11H2,1-4H3,(H,17,18);1H. The van der Waals surface area contributed by atoms with Gasteiger partial charge >= 0.3 is 11.9 Å². The second-order valence-electron chi connectivity index (χ2n) is 5.78. The zero-order chi connectivity index (χ0) is 17.2. The minimum atomic E-state index is -0.185. The van der Waals surface area contributed by atoms with Crippen LogP contribution in [0.25, 0.3) is 0 Å². The monoisotopic (exact) mass is 455 g/mol. The lowest BCUT2D eigenvalue weighted by Gasteiger charge is -2.21. The fraction of sp³-hybridized carbons (Fsp3) is 0.812. The number of carbonyl (C=O) groups is 2. The van der Waals surface area contributed by atoms with Gasteiger partial charge in [-0.25, -0.2) is 0 Å². The van der Waals surface area contributed by atoms with Crippen molar-refractivity contribution >= 4 is 41.9 Å². The summed E-state index contributed by atoms with van der Waals surface area (Å²) in [6, 6.07) is 0. The number of carbonyl (C=O) groups excluding carboxylic acids is 2. The van der Waals surface area contributed by atoms with E-state index in [2.05, 4.69) is 26.9 Å². The normalized spacial score (nSPS) is 20.3. The summed E-state index contributed by atoms with van der Waals surface area (Å²) in [6.07, 6.45) is 2.01. The number of nitrogens with one attached hydrogen (secondary N) is 1. The van der Waals surface area contributed by atoms with Gasteiger partial charge in [-0.2, -0.15) is 0 Å². The molecule has 0 aliphatic carbocycles. The van der Waals surface area contributed by atoms with Crippen LogP contribution in [0.15, 0.2) is 4.99 Å². The summed E-state index contributed by atoms with van der Waals surface area (Å²) in [5, 5.41) is 3.27. The molecule has 0 bridgehead atoms. The molecule has 1 N–H and O–H groups in total. The number of guanidine groups is 1. The Morgan fingerprint density at radius 1 is 1.21 bits per heavy atom. The Hall–Kier alpha value is -1.06. The Balaban J connectivity index is 0.00000529. The number of aliphatic imine (C=N–C) groups is 1. The fourth-order valence-electron chi connectivity index (χ4n) is 2.69. The van der Waals surface area contributed by atoms with Crippen molar-refractivity contribution in [2.24, 2.45) is 16.8 Å². The van der Waals surface area contributed by atoms with E-state index in [9.17, 15) is 9.59 Å². The minimum absolute atomic E-state index is 0. The Kier molecular flexibility index (Phi) is 11.8. The molecular weight excluding hydrogens is 425 g/mol. The number of unbranched alkanes of at least 4 members (excludes halogenated alkanes) is 1. The van der Waals surface area contributed by atoms with E-state index >= 15 is 0 Å². The SMILES string of the molecule is CCNC(=NCCCCC(=O)OC)N1CC(C)C(C(=O)OC)C1.I. The van der Waals surface area contributed by atoms with Gasteiger partial charge < -0.3 is 19.7 Å². The number of likely N-dealkylation sites (tertiary alicyclic amines) is 1. The summed E-state index contributed by atoms with van der Waals surface area (Å²) in [5.41, 5.74) is 0. The van der Waals surface area contributed by atoms with Crippen LogP contribution < -0.4 is 5.32 Å². The van der Waals surface area contributed by atoms with Crippen molar-refractivity contribution < 1.29 is 19.1 Å². The molecule has 1 rings (SSSR count). The number of methoxy groups -OCH3 is 2. The summed E-state index contributed by atoms with van der Waals surface area (Å²) >= 11 is 0. The van der Waals surface area contributed by atoms with E-state index < -0.39 is 0 Å². The molecule has 1 fully saturated rings. The number of nitrogens with zero attached hydrogens (tertiary/aromatic N) is 2. The van der Waals surface area contributed by atoms with E-state index in [1.165, 1.54) is 14.2 Å². The van der Waals surface area contributed by atoms with Crippen LogP contribution in [0.1, 0.15) is 33.1 Å². The van der Waals surface area contributed by atoms with Crippen LogP contribution >= 0.6 is 24.0 Å². The highest BCUT2D eigenvalue weighted by Crippen LogP contribution is 2.24. The Morgan fingerprint density at radius 3 is 2.50 bits per heavy atom. The second-order valence-corrected chi connectivity index (χ2v) is 5.78. The molecule has 24 heavy (non-hydrogen) atoms. The molecule has 7 nitrogen and oxygen atoms in total. The van der Waals surface area contributed by atoms with E-state index in [1.807, 2.05) is 6.92 Å². The van der Waals surface area contributed by atoms with Gasteiger partial charge in [0.2, 0.25) is 0 Å². The smallest absolute Gasteiger partial charge is 0.310 e. The Morgan fingerprint density at radius 2 is 1.92 bits per heavy atom. The molecular formula is C16H30IN3O4. The maximum absolute atomic E-state index is 11.8. The third-order valence-corrected chi connectivity index (χ3v) is 4.03. The lowest BCUT2D eigenvalue weighted by atomic mass is 9.99. The molecule has 0 aromatic heterocycles. The maximum Gasteiger partial charge on any atom is 0.310 e. The minimum Gasteiger partial charge on any atom is -0.469 e. The first-order valence-corrected chi connectivity index (χ1v) is 8.21. The summed E-state index contributed by atoms with van der Waals surface area (Å²) in [6.45, 7) is 6.91. The van der Waals surface area contributed by atoms with Gasteiger partial charge in [-0.1, -0.05) is 6.92 Å². The van der Waals surface area contributed by atoms with Gasteiger partial charge in [0.15, 0.2) is 5.96 Å².